The molecule has 152 valence electrons. The van der Waals surface area contributed by atoms with Crippen molar-refractivity contribution < 1.29 is 4.79 Å². The van der Waals surface area contributed by atoms with Crippen LogP contribution >= 0.6 is 0 Å². The first kappa shape index (κ1) is 19.4. The summed E-state index contributed by atoms with van der Waals surface area (Å²) in [7, 11) is 1.77. The van der Waals surface area contributed by atoms with Gasteiger partial charge >= 0.3 is 0 Å². The zero-order chi connectivity index (χ0) is 20.9. The van der Waals surface area contributed by atoms with E-state index in [-0.39, 0.29) is 5.91 Å². The van der Waals surface area contributed by atoms with Crippen LogP contribution in [0.15, 0.2) is 67.0 Å². The van der Waals surface area contributed by atoms with E-state index in [4.69, 9.17) is 0 Å². The Bertz CT molecular complexity index is 1130. The molecule has 1 amide bonds. The van der Waals surface area contributed by atoms with Crippen molar-refractivity contribution in [2.24, 2.45) is 7.05 Å². The number of anilines is 1. The summed E-state index contributed by atoms with van der Waals surface area (Å²) in [6.45, 7) is 2.84. The molecule has 3 aromatic heterocycles. The lowest BCUT2D eigenvalue weighted by molar-refractivity contribution is 0.0946. The van der Waals surface area contributed by atoms with Gasteiger partial charge in [0, 0.05) is 44.2 Å². The van der Waals surface area contributed by atoms with Crippen LogP contribution in [0.5, 0.6) is 0 Å². The molecule has 3 heterocycles. The first-order valence-electron chi connectivity index (χ1n) is 9.71. The number of rotatable bonds is 7. The lowest BCUT2D eigenvalue weighted by atomic mass is 10.1. The van der Waals surface area contributed by atoms with Gasteiger partial charge in [-0.3, -0.25) is 9.48 Å². The fourth-order valence-electron chi connectivity index (χ4n) is 3.15. The second kappa shape index (κ2) is 8.60. The first-order chi connectivity index (χ1) is 14.6. The Labute approximate surface area is 174 Å². The predicted molar refractivity (Wildman–Crippen MR) is 116 cm³/mol. The van der Waals surface area contributed by atoms with Gasteiger partial charge in [0.1, 0.15) is 23.2 Å². The van der Waals surface area contributed by atoms with Crippen molar-refractivity contribution in [2.75, 3.05) is 18.4 Å². The fourth-order valence-corrected chi connectivity index (χ4v) is 3.15. The molecular formula is C22H23N7O. The standard InChI is InChI=1S/C22H23N7O/c1-16-25-20(15-21(26-16)29-12-6-7-13-29)23-10-11-24-22(30)19-14-18(27-28(19)2)17-8-4-3-5-9-17/h3-9,12-15H,10-11H2,1-2H3,(H,24,30)(H,23,25,26). The molecule has 0 unspecified atom stereocenters. The highest BCUT2D eigenvalue weighted by molar-refractivity contribution is 5.93. The van der Waals surface area contributed by atoms with Crippen molar-refractivity contribution in [1.29, 1.82) is 0 Å². The van der Waals surface area contributed by atoms with Crippen LogP contribution in [0.3, 0.4) is 0 Å². The lowest BCUT2D eigenvalue weighted by Crippen LogP contribution is -2.30. The van der Waals surface area contributed by atoms with Gasteiger partial charge < -0.3 is 15.2 Å². The van der Waals surface area contributed by atoms with E-state index < -0.39 is 0 Å². The van der Waals surface area contributed by atoms with Gasteiger partial charge in [0.2, 0.25) is 0 Å². The van der Waals surface area contributed by atoms with E-state index in [9.17, 15) is 4.79 Å². The zero-order valence-electron chi connectivity index (χ0n) is 16.9. The van der Waals surface area contributed by atoms with Crippen LogP contribution in [0.2, 0.25) is 0 Å². The van der Waals surface area contributed by atoms with Crippen LogP contribution in [0.1, 0.15) is 16.3 Å². The number of amides is 1. The molecule has 0 fully saturated rings. The van der Waals surface area contributed by atoms with E-state index in [0.29, 0.717) is 30.4 Å². The predicted octanol–water partition coefficient (Wildman–Crippen LogP) is 2.82. The molecule has 0 bridgehead atoms. The highest BCUT2D eigenvalue weighted by Crippen LogP contribution is 2.18. The highest BCUT2D eigenvalue weighted by Gasteiger charge is 2.13. The Kier molecular flexibility index (Phi) is 5.56. The maximum Gasteiger partial charge on any atom is 0.269 e. The third kappa shape index (κ3) is 4.38. The minimum absolute atomic E-state index is 0.166. The molecule has 0 atom stereocenters. The van der Waals surface area contributed by atoms with Crippen molar-refractivity contribution in [3.8, 4) is 17.1 Å². The average Bonchev–Trinajstić information content (AvgIpc) is 3.41. The topological polar surface area (TPSA) is 89.7 Å². The van der Waals surface area contributed by atoms with E-state index >= 15 is 0 Å². The summed E-state index contributed by atoms with van der Waals surface area (Å²) >= 11 is 0. The number of nitrogens with zero attached hydrogens (tertiary/aromatic N) is 5. The average molecular weight is 401 g/mol. The van der Waals surface area contributed by atoms with E-state index in [2.05, 4.69) is 25.7 Å². The molecule has 30 heavy (non-hydrogen) atoms. The van der Waals surface area contributed by atoms with E-state index in [1.165, 1.54) is 0 Å². The summed E-state index contributed by atoms with van der Waals surface area (Å²) < 4.78 is 3.52. The molecule has 4 rings (SSSR count). The van der Waals surface area contributed by atoms with Gasteiger partial charge in [-0.15, -0.1) is 0 Å². The lowest BCUT2D eigenvalue weighted by Gasteiger charge is -2.10. The normalized spacial score (nSPS) is 10.7. The third-order valence-corrected chi connectivity index (χ3v) is 4.59. The molecule has 0 aliphatic heterocycles. The SMILES string of the molecule is Cc1nc(NCCNC(=O)c2cc(-c3ccccc3)nn2C)cc(-n2cccc2)n1. The molecule has 0 aliphatic rings. The van der Waals surface area contributed by atoms with Crippen molar-refractivity contribution in [3.05, 3.63) is 78.5 Å². The van der Waals surface area contributed by atoms with Crippen LogP contribution in [0, 0.1) is 6.92 Å². The van der Waals surface area contributed by atoms with Gasteiger partial charge in [0.05, 0.1) is 5.69 Å². The molecule has 0 radical (unpaired) electrons. The Morgan fingerprint density at radius 2 is 1.77 bits per heavy atom. The fraction of sp³-hybridized carbons (Fsp3) is 0.182. The number of carbonyl (C=O) groups is 1. The Hall–Kier alpha value is -3.94. The second-order valence-corrected chi connectivity index (χ2v) is 6.84. The van der Waals surface area contributed by atoms with E-state index in [1.54, 1.807) is 17.8 Å². The number of nitrogens with one attached hydrogen (secondary N) is 2. The minimum Gasteiger partial charge on any atom is -0.368 e. The molecule has 4 aromatic rings. The molecule has 1 aromatic carbocycles. The Balaban J connectivity index is 1.34. The smallest absolute Gasteiger partial charge is 0.269 e. The number of hydrogen-bond acceptors (Lipinski definition) is 5. The molecule has 2 N–H and O–H groups in total. The Morgan fingerprint density at radius 1 is 1.00 bits per heavy atom. The van der Waals surface area contributed by atoms with Gasteiger partial charge in [0.25, 0.3) is 5.91 Å². The molecule has 8 heteroatoms. The van der Waals surface area contributed by atoms with Crippen LogP contribution in [0.4, 0.5) is 5.82 Å². The van der Waals surface area contributed by atoms with Crippen molar-refractivity contribution in [3.63, 3.8) is 0 Å². The molecule has 0 saturated carbocycles. The Morgan fingerprint density at radius 3 is 2.53 bits per heavy atom. The van der Waals surface area contributed by atoms with Gasteiger partial charge in [-0.25, -0.2) is 9.97 Å². The summed E-state index contributed by atoms with van der Waals surface area (Å²) in [6, 6.07) is 17.4. The highest BCUT2D eigenvalue weighted by atomic mass is 16.2. The first-order valence-corrected chi connectivity index (χ1v) is 9.71. The van der Waals surface area contributed by atoms with Gasteiger partial charge in [-0.1, -0.05) is 30.3 Å². The van der Waals surface area contributed by atoms with Crippen molar-refractivity contribution in [1.82, 2.24) is 29.6 Å². The molecule has 0 aliphatic carbocycles. The maximum absolute atomic E-state index is 12.6. The molecular weight excluding hydrogens is 378 g/mol. The van der Waals surface area contributed by atoms with Crippen LogP contribution in [-0.2, 0) is 7.05 Å². The number of aromatic nitrogens is 5. The van der Waals surface area contributed by atoms with Gasteiger partial charge in [0.15, 0.2) is 0 Å². The van der Waals surface area contributed by atoms with Crippen molar-refractivity contribution >= 4 is 11.7 Å². The largest absolute Gasteiger partial charge is 0.368 e. The zero-order valence-corrected chi connectivity index (χ0v) is 16.9. The van der Waals surface area contributed by atoms with Gasteiger partial charge in [-0.05, 0) is 25.1 Å². The number of benzene rings is 1. The summed E-state index contributed by atoms with van der Waals surface area (Å²) in [4.78, 5) is 21.4. The van der Waals surface area contributed by atoms with Gasteiger partial charge in [-0.2, -0.15) is 5.10 Å². The van der Waals surface area contributed by atoms with Crippen LogP contribution in [-0.4, -0.2) is 43.3 Å². The summed E-state index contributed by atoms with van der Waals surface area (Å²) in [5.41, 5.74) is 2.27. The number of hydrogen-bond donors (Lipinski definition) is 2. The molecule has 0 saturated heterocycles. The maximum atomic E-state index is 12.6. The monoisotopic (exact) mass is 401 g/mol. The quantitative estimate of drug-likeness (QED) is 0.465. The van der Waals surface area contributed by atoms with E-state index in [1.807, 2.05) is 72.4 Å². The van der Waals surface area contributed by atoms with Crippen molar-refractivity contribution in [2.45, 2.75) is 6.92 Å². The molecule has 0 spiro atoms. The summed E-state index contributed by atoms with van der Waals surface area (Å²) in [5, 5.41) is 10.6. The number of carbonyl (C=O) groups excluding carboxylic acids is 1. The molecule has 8 nitrogen and oxygen atoms in total. The number of aryl methyl sites for hydroxylation is 2. The van der Waals surface area contributed by atoms with Crippen LogP contribution < -0.4 is 10.6 Å². The van der Waals surface area contributed by atoms with Crippen LogP contribution in [0.25, 0.3) is 17.1 Å². The second-order valence-electron chi connectivity index (χ2n) is 6.84. The van der Waals surface area contributed by atoms with E-state index in [0.717, 1.165) is 17.1 Å². The summed E-state index contributed by atoms with van der Waals surface area (Å²) in [5.74, 6) is 2.02. The summed E-state index contributed by atoms with van der Waals surface area (Å²) in [6.07, 6.45) is 3.87. The third-order valence-electron chi connectivity index (χ3n) is 4.59. The minimum atomic E-state index is -0.166.